The van der Waals surface area contributed by atoms with Crippen molar-refractivity contribution in [3.05, 3.63) is 64.2 Å². The Bertz CT molecular complexity index is 1080. The summed E-state index contributed by atoms with van der Waals surface area (Å²) in [4.78, 5) is 30.1. The van der Waals surface area contributed by atoms with Crippen LogP contribution in [0.5, 0.6) is 11.5 Å². The molecule has 1 N–H and O–H groups in total. The van der Waals surface area contributed by atoms with Crippen molar-refractivity contribution in [1.29, 1.82) is 0 Å². The first-order valence-corrected chi connectivity index (χ1v) is 11.3. The maximum Gasteiger partial charge on any atom is 0.295 e. The fourth-order valence-corrected chi connectivity index (χ4v) is 4.62. The summed E-state index contributed by atoms with van der Waals surface area (Å²) in [5.74, 6) is -0.541. The highest BCUT2D eigenvalue weighted by Crippen LogP contribution is 2.42. The fourth-order valence-electron chi connectivity index (χ4n) is 4.50. The van der Waals surface area contributed by atoms with Crippen LogP contribution in [-0.2, 0) is 9.59 Å². The predicted molar refractivity (Wildman–Crippen MR) is 126 cm³/mol. The van der Waals surface area contributed by atoms with E-state index in [9.17, 15) is 14.7 Å². The minimum absolute atomic E-state index is 0.0518. The summed E-state index contributed by atoms with van der Waals surface area (Å²) >= 11 is 5.98. The molecule has 2 heterocycles. The Morgan fingerprint density at radius 2 is 1.67 bits per heavy atom. The van der Waals surface area contributed by atoms with Gasteiger partial charge in [-0.05, 0) is 67.9 Å². The number of amides is 1. The van der Waals surface area contributed by atoms with Crippen LogP contribution in [-0.4, -0.2) is 67.0 Å². The molecule has 33 heavy (non-hydrogen) atoms. The first kappa shape index (κ1) is 23.1. The summed E-state index contributed by atoms with van der Waals surface area (Å²) in [7, 11) is 3.07. The third kappa shape index (κ3) is 4.56. The molecule has 2 aliphatic heterocycles. The first-order chi connectivity index (χ1) is 15.9. The zero-order valence-electron chi connectivity index (χ0n) is 18.7. The van der Waals surface area contributed by atoms with Crippen LogP contribution in [0.2, 0.25) is 5.02 Å². The topological polar surface area (TPSA) is 79.3 Å². The standard InChI is InChI=1S/C25H27ClN2O5/c1-32-19-10-7-17(15-20(19)33-2)22-21(23(29)16-5-8-18(26)9-6-16)24(30)25(31)28(22)14-13-27-11-3-4-12-27/h5-10,15,22,29H,3-4,11-14H2,1-2H3/b23-21+. The number of ether oxygens (including phenoxy) is 2. The molecule has 1 amide bonds. The van der Waals surface area contributed by atoms with Gasteiger partial charge in [0.25, 0.3) is 11.7 Å². The minimum atomic E-state index is -0.747. The van der Waals surface area contributed by atoms with Crippen molar-refractivity contribution < 1.29 is 24.2 Å². The summed E-state index contributed by atoms with van der Waals surface area (Å²) in [5, 5.41) is 11.6. The maximum atomic E-state index is 13.2. The monoisotopic (exact) mass is 470 g/mol. The summed E-state index contributed by atoms with van der Waals surface area (Å²) in [6.07, 6.45) is 2.27. The average Bonchev–Trinajstić information content (AvgIpc) is 3.44. The third-order valence-electron chi connectivity index (χ3n) is 6.24. The molecule has 2 aliphatic rings. The Hall–Kier alpha value is -3.03. The molecule has 1 unspecified atom stereocenters. The van der Waals surface area contributed by atoms with Crippen LogP contribution in [0.15, 0.2) is 48.0 Å². The predicted octanol–water partition coefficient (Wildman–Crippen LogP) is 3.87. The van der Waals surface area contributed by atoms with E-state index in [1.165, 1.54) is 7.11 Å². The van der Waals surface area contributed by atoms with Crippen molar-refractivity contribution in [1.82, 2.24) is 9.80 Å². The Kier molecular flexibility index (Phi) is 6.91. The normalized spacial score (nSPS) is 20.5. The maximum absolute atomic E-state index is 13.2. The van der Waals surface area contributed by atoms with Gasteiger partial charge in [0.05, 0.1) is 25.8 Å². The molecule has 2 aromatic carbocycles. The molecular weight excluding hydrogens is 444 g/mol. The Morgan fingerprint density at radius 3 is 2.30 bits per heavy atom. The number of aliphatic hydroxyl groups is 1. The number of methoxy groups -OCH3 is 2. The second-order valence-corrected chi connectivity index (χ2v) is 8.60. The van der Waals surface area contributed by atoms with Gasteiger partial charge < -0.3 is 24.4 Å². The molecule has 0 aromatic heterocycles. The van der Waals surface area contributed by atoms with Crippen molar-refractivity contribution >= 4 is 29.1 Å². The molecule has 8 heteroatoms. The second kappa shape index (κ2) is 9.85. The number of ketones is 1. The van der Waals surface area contributed by atoms with E-state index in [2.05, 4.69) is 4.90 Å². The second-order valence-electron chi connectivity index (χ2n) is 8.16. The molecule has 4 rings (SSSR count). The van der Waals surface area contributed by atoms with E-state index < -0.39 is 17.7 Å². The van der Waals surface area contributed by atoms with Gasteiger partial charge in [-0.25, -0.2) is 0 Å². The van der Waals surface area contributed by atoms with Crippen LogP contribution in [0.3, 0.4) is 0 Å². The number of Topliss-reactive ketones (excluding diaryl/α,β-unsaturated/α-hetero) is 1. The molecule has 174 valence electrons. The van der Waals surface area contributed by atoms with Crippen LogP contribution in [0, 0.1) is 0 Å². The van der Waals surface area contributed by atoms with Crippen LogP contribution in [0.25, 0.3) is 5.76 Å². The Labute approximate surface area is 198 Å². The quantitative estimate of drug-likeness (QED) is 0.376. The highest BCUT2D eigenvalue weighted by Gasteiger charge is 2.46. The lowest BCUT2D eigenvalue weighted by Gasteiger charge is -2.27. The lowest BCUT2D eigenvalue weighted by molar-refractivity contribution is -0.140. The molecule has 1 atom stereocenters. The van der Waals surface area contributed by atoms with Crippen LogP contribution >= 0.6 is 11.6 Å². The van der Waals surface area contributed by atoms with E-state index in [-0.39, 0.29) is 11.3 Å². The molecule has 0 radical (unpaired) electrons. The number of hydrogen-bond donors (Lipinski definition) is 1. The van der Waals surface area contributed by atoms with E-state index in [1.807, 2.05) is 0 Å². The molecule has 0 spiro atoms. The lowest BCUT2D eigenvalue weighted by Crippen LogP contribution is -2.37. The van der Waals surface area contributed by atoms with E-state index >= 15 is 0 Å². The van der Waals surface area contributed by atoms with Gasteiger partial charge in [0.15, 0.2) is 11.5 Å². The number of likely N-dealkylation sites (tertiary alicyclic amines) is 2. The number of hydrogen-bond acceptors (Lipinski definition) is 6. The molecule has 2 aromatic rings. The summed E-state index contributed by atoms with van der Waals surface area (Å²) in [6.45, 7) is 3.00. The van der Waals surface area contributed by atoms with Gasteiger partial charge in [-0.15, -0.1) is 0 Å². The molecule has 0 saturated carbocycles. The van der Waals surface area contributed by atoms with Gasteiger partial charge in [0, 0.05) is 23.7 Å². The first-order valence-electron chi connectivity index (χ1n) is 10.9. The number of carbonyl (C=O) groups is 2. The molecular formula is C25H27ClN2O5. The van der Waals surface area contributed by atoms with E-state index in [0.29, 0.717) is 40.7 Å². The average molecular weight is 471 g/mol. The van der Waals surface area contributed by atoms with Crippen molar-refractivity contribution in [2.45, 2.75) is 18.9 Å². The number of nitrogens with zero attached hydrogens (tertiary/aromatic N) is 2. The van der Waals surface area contributed by atoms with Crippen molar-refractivity contribution in [3.8, 4) is 11.5 Å². The molecule has 0 aliphatic carbocycles. The zero-order valence-corrected chi connectivity index (χ0v) is 19.5. The largest absolute Gasteiger partial charge is 0.507 e. The van der Waals surface area contributed by atoms with Crippen molar-refractivity contribution in [2.24, 2.45) is 0 Å². The SMILES string of the molecule is COc1ccc(C2/C(=C(\O)c3ccc(Cl)cc3)C(=O)C(=O)N2CCN2CCCC2)cc1OC. The highest BCUT2D eigenvalue weighted by atomic mass is 35.5. The van der Waals surface area contributed by atoms with Crippen LogP contribution in [0.4, 0.5) is 0 Å². The Morgan fingerprint density at radius 1 is 1.00 bits per heavy atom. The number of halogens is 1. The lowest BCUT2D eigenvalue weighted by atomic mass is 9.95. The fraction of sp³-hybridized carbons (Fsp3) is 0.360. The number of aliphatic hydroxyl groups excluding tert-OH is 1. The van der Waals surface area contributed by atoms with Gasteiger partial charge in [0.2, 0.25) is 0 Å². The Balaban J connectivity index is 1.79. The zero-order chi connectivity index (χ0) is 23.5. The smallest absolute Gasteiger partial charge is 0.295 e. The highest BCUT2D eigenvalue weighted by molar-refractivity contribution is 6.46. The summed E-state index contributed by atoms with van der Waals surface area (Å²) in [5.41, 5.74) is 1.13. The van der Waals surface area contributed by atoms with Gasteiger partial charge in [-0.2, -0.15) is 0 Å². The van der Waals surface area contributed by atoms with Crippen molar-refractivity contribution in [3.63, 3.8) is 0 Å². The molecule has 7 nitrogen and oxygen atoms in total. The third-order valence-corrected chi connectivity index (χ3v) is 6.49. The summed E-state index contributed by atoms with van der Waals surface area (Å²) in [6, 6.07) is 11.0. The number of rotatable bonds is 7. The molecule has 0 bridgehead atoms. The van der Waals surface area contributed by atoms with E-state index in [0.717, 1.165) is 25.9 Å². The van der Waals surface area contributed by atoms with Gasteiger partial charge in [0.1, 0.15) is 5.76 Å². The van der Waals surface area contributed by atoms with Gasteiger partial charge in [-0.1, -0.05) is 17.7 Å². The van der Waals surface area contributed by atoms with E-state index in [4.69, 9.17) is 21.1 Å². The summed E-state index contributed by atoms with van der Waals surface area (Å²) < 4.78 is 10.8. The van der Waals surface area contributed by atoms with Crippen molar-refractivity contribution in [2.75, 3.05) is 40.4 Å². The number of carbonyl (C=O) groups excluding carboxylic acids is 2. The van der Waals surface area contributed by atoms with E-state index in [1.54, 1.807) is 54.5 Å². The molecule has 2 fully saturated rings. The van der Waals surface area contributed by atoms with Gasteiger partial charge >= 0.3 is 0 Å². The number of benzene rings is 2. The van der Waals surface area contributed by atoms with Crippen LogP contribution in [0.1, 0.15) is 30.0 Å². The van der Waals surface area contributed by atoms with Gasteiger partial charge in [-0.3, -0.25) is 9.59 Å². The minimum Gasteiger partial charge on any atom is -0.507 e. The molecule has 2 saturated heterocycles. The van der Waals surface area contributed by atoms with Crippen LogP contribution < -0.4 is 9.47 Å².